The van der Waals surface area contributed by atoms with Crippen molar-refractivity contribution in [1.82, 2.24) is 19.7 Å². The third kappa shape index (κ3) is 3.40. The molecule has 0 aliphatic carbocycles. The standard InChI is InChI=1S/C21H19FN4O2S/c1-3-26-13-23-20-18(12-24-25-21(20)26)15-7-10-19(22)17(11-15)14-5-8-16(9-6-14)29(27,28)4-2/h5-13H,3-4H2,1-2H3. The minimum absolute atomic E-state index is 0.0195. The topological polar surface area (TPSA) is 77.7 Å². The van der Waals surface area contributed by atoms with Crippen LogP contribution in [0.4, 0.5) is 4.39 Å². The minimum atomic E-state index is -3.30. The summed E-state index contributed by atoms with van der Waals surface area (Å²) < 4.78 is 40.5. The van der Waals surface area contributed by atoms with Crippen molar-refractivity contribution in [1.29, 1.82) is 0 Å². The Kier molecular flexibility index (Phi) is 4.87. The highest BCUT2D eigenvalue weighted by Gasteiger charge is 2.15. The van der Waals surface area contributed by atoms with Crippen molar-refractivity contribution in [3.8, 4) is 22.3 Å². The summed E-state index contributed by atoms with van der Waals surface area (Å²) in [7, 11) is -3.30. The van der Waals surface area contributed by atoms with E-state index in [0.29, 0.717) is 22.3 Å². The van der Waals surface area contributed by atoms with Crippen molar-refractivity contribution in [2.24, 2.45) is 0 Å². The number of hydrogen-bond donors (Lipinski definition) is 0. The monoisotopic (exact) mass is 410 g/mol. The third-order valence-electron chi connectivity index (χ3n) is 4.93. The highest BCUT2D eigenvalue weighted by Crippen LogP contribution is 2.32. The Hall–Kier alpha value is -3.13. The van der Waals surface area contributed by atoms with E-state index in [1.54, 1.807) is 43.7 Å². The van der Waals surface area contributed by atoms with E-state index < -0.39 is 15.7 Å². The van der Waals surface area contributed by atoms with Gasteiger partial charge in [0.25, 0.3) is 0 Å². The zero-order valence-electron chi connectivity index (χ0n) is 16.0. The molecule has 29 heavy (non-hydrogen) atoms. The molecule has 0 N–H and O–H groups in total. The highest BCUT2D eigenvalue weighted by atomic mass is 32.2. The Balaban J connectivity index is 1.81. The average Bonchev–Trinajstić information content (AvgIpc) is 3.17. The summed E-state index contributed by atoms with van der Waals surface area (Å²) in [5.41, 5.74) is 3.86. The van der Waals surface area contributed by atoms with E-state index in [2.05, 4.69) is 15.2 Å². The molecule has 0 atom stereocenters. The van der Waals surface area contributed by atoms with Crippen LogP contribution >= 0.6 is 0 Å². The molecule has 0 aliphatic heterocycles. The van der Waals surface area contributed by atoms with Gasteiger partial charge in [-0.2, -0.15) is 5.10 Å². The van der Waals surface area contributed by atoms with Crippen LogP contribution in [-0.2, 0) is 16.4 Å². The first-order chi connectivity index (χ1) is 13.9. The quantitative estimate of drug-likeness (QED) is 0.495. The van der Waals surface area contributed by atoms with Gasteiger partial charge >= 0.3 is 0 Å². The van der Waals surface area contributed by atoms with Gasteiger partial charge in [-0.3, -0.25) is 0 Å². The van der Waals surface area contributed by atoms with Crippen LogP contribution < -0.4 is 0 Å². The summed E-state index contributed by atoms with van der Waals surface area (Å²) in [4.78, 5) is 4.67. The summed E-state index contributed by atoms with van der Waals surface area (Å²) >= 11 is 0. The molecular weight excluding hydrogens is 391 g/mol. The number of sulfone groups is 1. The zero-order chi connectivity index (χ0) is 20.6. The van der Waals surface area contributed by atoms with Gasteiger partial charge in [0.05, 0.1) is 23.2 Å². The van der Waals surface area contributed by atoms with Gasteiger partial charge < -0.3 is 4.57 Å². The van der Waals surface area contributed by atoms with Crippen LogP contribution in [0.1, 0.15) is 13.8 Å². The van der Waals surface area contributed by atoms with E-state index in [-0.39, 0.29) is 10.6 Å². The van der Waals surface area contributed by atoms with Gasteiger partial charge in [-0.05, 0) is 42.3 Å². The Morgan fingerprint density at radius 2 is 1.72 bits per heavy atom. The van der Waals surface area contributed by atoms with Crippen molar-refractivity contribution in [2.75, 3.05) is 5.75 Å². The van der Waals surface area contributed by atoms with E-state index >= 15 is 0 Å². The molecule has 0 amide bonds. The lowest BCUT2D eigenvalue weighted by atomic mass is 9.99. The predicted octanol–water partition coefficient (Wildman–Crippen LogP) is 4.11. The third-order valence-corrected chi connectivity index (χ3v) is 6.68. The van der Waals surface area contributed by atoms with Crippen LogP contribution in [0.15, 0.2) is 59.9 Å². The van der Waals surface area contributed by atoms with Gasteiger partial charge in [0.15, 0.2) is 15.5 Å². The molecule has 0 bridgehead atoms. The molecule has 0 spiro atoms. The summed E-state index contributed by atoms with van der Waals surface area (Å²) in [6, 6.07) is 11.1. The molecule has 2 aromatic heterocycles. The largest absolute Gasteiger partial charge is 0.314 e. The molecule has 0 aliphatic rings. The van der Waals surface area contributed by atoms with Crippen LogP contribution in [0.5, 0.6) is 0 Å². The summed E-state index contributed by atoms with van der Waals surface area (Å²) in [6.07, 6.45) is 3.32. The van der Waals surface area contributed by atoms with Gasteiger partial charge in [-0.25, -0.2) is 17.8 Å². The molecular formula is C21H19FN4O2S. The first kappa shape index (κ1) is 19.2. The maximum atomic E-state index is 14.6. The number of hydrogen-bond acceptors (Lipinski definition) is 5. The fourth-order valence-electron chi connectivity index (χ4n) is 3.24. The van der Waals surface area contributed by atoms with Gasteiger partial charge in [0.2, 0.25) is 0 Å². The van der Waals surface area contributed by atoms with Crippen molar-refractivity contribution in [3.63, 3.8) is 0 Å². The van der Waals surface area contributed by atoms with Crippen molar-refractivity contribution in [3.05, 3.63) is 60.8 Å². The predicted molar refractivity (Wildman–Crippen MR) is 110 cm³/mol. The molecule has 0 unspecified atom stereocenters. The van der Waals surface area contributed by atoms with Gasteiger partial charge in [0, 0.05) is 17.7 Å². The van der Waals surface area contributed by atoms with Gasteiger partial charge in [-0.1, -0.05) is 25.1 Å². The fourth-order valence-corrected chi connectivity index (χ4v) is 4.12. The summed E-state index contributed by atoms with van der Waals surface area (Å²) in [6.45, 7) is 4.31. The number of rotatable bonds is 5. The maximum absolute atomic E-state index is 14.6. The molecule has 8 heteroatoms. The SMILES string of the molecule is CCn1cnc2c(-c3ccc(F)c(-c4ccc(S(=O)(=O)CC)cc4)c3)cnnc21. The Labute approximate surface area is 168 Å². The second-order valence-corrected chi connectivity index (χ2v) is 8.86. The number of aryl methyl sites for hydroxylation is 1. The van der Waals surface area contributed by atoms with Crippen LogP contribution in [-0.4, -0.2) is 33.9 Å². The smallest absolute Gasteiger partial charge is 0.183 e. The Bertz CT molecular complexity index is 1300. The van der Waals surface area contributed by atoms with E-state index in [0.717, 1.165) is 17.7 Å². The van der Waals surface area contributed by atoms with E-state index in [9.17, 15) is 12.8 Å². The van der Waals surface area contributed by atoms with Crippen LogP contribution in [0.2, 0.25) is 0 Å². The fraction of sp³-hybridized carbons (Fsp3) is 0.190. The Morgan fingerprint density at radius 1 is 1.00 bits per heavy atom. The number of imidazole rings is 1. The van der Waals surface area contributed by atoms with Crippen LogP contribution in [0.25, 0.3) is 33.4 Å². The molecule has 0 saturated carbocycles. The first-order valence-electron chi connectivity index (χ1n) is 9.24. The lowest BCUT2D eigenvalue weighted by molar-refractivity contribution is 0.597. The van der Waals surface area contributed by atoms with Gasteiger partial charge in [-0.15, -0.1) is 5.10 Å². The average molecular weight is 410 g/mol. The Morgan fingerprint density at radius 3 is 2.41 bits per heavy atom. The lowest BCUT2D eigenvalue weighted by Crippen LogP contribution is -2.03. The number of nitrogens with zero attached hydrogens (tertiary/aromatic N) is 4. The molecule has 148 valence electrons. The zero-order valence-corrected chi connectivity index (χ0v) is 16.8. The minimum Gasteiger partial charge on any atom is -0.314 e. The highest BCUT2D eigenvalue weighted by molar-refractivity contribution is 7.91. The molecule has 6 nitrogen and oxygen atoms in total. The number of aromatic nitrogens is 4. The molecule has 2 heterocycles. The molecule has 2 aromatic carbocycles. The lowest BCUT2D eigenvalue weighted by Gasteiger charge is -2.09. The summed E-state index contributed by atoms with van der Waals surface area (Å²) in [5.74, 6) is -0.372. The van der Waals surface area contributed by atoms with E-state index in [1.165, 1.54) is 18.2 Å². The molecule has 0 fully saturated rings. The van der Waals surface area contributed by atoms with E-state index in [1.807, 2.05) is 11.5 Å². The second kappa shape index (κ2) is 7.36. The first-order valence-corrected chi connectivity index (χ1v) is 10.9. The maximum Gasteiger partial charge on any atom is 0.183 e. The molecule has 4 rings (SSSR count). The summed E-state index contributed by atoms with van der Waals surface area (Å²) in [5, 5.41) is 8.23. The van der Waals surface area contributed by atoms with E-state index in [4.69, 9.17) is 0 Å². The van der Waals surface area contributed by atoms with Crippen molar-refractivity contribution in [2.45, 2.75) is 25.3 Å². The normalized spacial score (nSPS) is 11.8. The van der Waals surface area contributed by atoms with Gasteiger partial charge in [0.1, 0.15) is 11.3 Å². The van der Waals surface area contributed by atoms with Crippen LogP contribution in [0.3, 0.4) is 0 Å². The second-order valence-electron chi connectivity index (χ2n) is 6.58. The number of halogens is 1. The van der Waals surface area contributed by atoms with Crippen molar-refractivity contribution < 1.29 is 12.8 Å². The molecule has 0 saturated heterocycles. The van der Waals surface area contributed by atoms with Crippen LogP contribution in [0, 0.1) is 5.82 Å². The van der Waals surface area contributed by atoms with Crippen molar-refractivity contribution >= 4 is 21.0 Å². The number of fused-ring (bicyclic) bond motifs is 1. The molecule has 4 aromatic rings. The number of benzene rings is 2. The molecule has 0 radical (unpaired) electrons.